The molecule has 14 heavy (non-hydrogen) atoms. The summed E-state index contributed by atoms with van der Waals surface area (Å²) in [4.78, 5) is 15.6. The van der Waals surface area contributed by atoms with Crippen molar-refractivity contribution in [3.8, 4) is 0 Å². The van der Waals surface area contributed by atoms with Gasteiger partial charge in [-0.05, 0) is 6.54 Å². The van der Waals surface area contributed by atoms with E-state index in [1.807, 2.05) is 6.92 Å². The third-order valence-electron chi connectivity index (χ3n) is 2.93. The molecule has 82 valence electrons. The number of piperazine rings is 1. The van der Waals surface area contributed by atoms with Crippen LogP contribution in [0.3, 0.4) is 0 Å². The molecule has 1 unspecified atom stereocenters. The van der Waals surface area contributed by atoms with Crippen LogP contribution in [0.4, 0.5) is 0 Å². The van der Waals surface area contributed by atoms with E-state index in [1.54, 1.807) is 0 Å². The zero-order valence-electron chi connectivity index (χ0n) is 9.20. The van der Waals surface area contributed by atoms with Crippen LogP contribution in [-0.2, 0) is 4.79 Å². The van der Waals surface area contributed by atoms with Crippen LogP contribution in [0.2, 0.25) is 0 Å². The minimum atomic E-state index is -0.192. The molecule has 1 amide bonds. The Balaban J connectivity index is 2.25. The summed E-state index contributed by atoms with van der Waals surface area (Å²) in [6.07, 6.45) is 0. The first kappa shape index (κ1) is 11.5. The number of rotatable bonds is 4. The maximum Gasteiger partial charge on any atom is 0.221 e. The number of amides is 1. The molecule has 1 rings (SSSR count). The number of nitrogens with zero attached hydrogens (tertiary/aromatic N) is 2. The summed E-state index contributed by atoms with van der Waals surface area (Å²) in [5.41, 5.74) is 5.23. The quantitative estimate of drug-likeness (QED) is 0.679. The third kappa shape index (κ3) is 3.27. The molecule has 0 saturated carbocycles. The van der Waals surface area contributed by atoms with Gasteiger partial charge in [0.25, 0.3) is 0 Å². The monoisotopic (exact) mass is 199 g/mol. The van der Waals surface area contributed by atoms with Crippen LogP contribution < -0.4 is 5.73 Å². The van der Waals surface area contributed by atoms with Crippen LogP contribution in [0, 0.1) is 5.92 Å². The van der Waals surface area contributed by atoms with E-state index in [0.29, 0.717) is 0 Å². The molecule has 1 fully saturated rings. The first-order chi connectivity index (χ1) is 6.63. The van der Waals surface area contributed by atoms with E-state index < -0.39 is 0 Å². The van der Waals surface area contributed by atoms with Gasteiger partial charge < -0.3 is 15.5 Å². The average Bonchev–Trinajstić information content (AvgIpc) is 2.19. The van der Waals surface area contributed by atoms with Crippen LogP contribution >= 0.6 is 0 Å². The zero-order valence-corrected chi connectivity index (χ0v) is 9.20. The van der Waals surface area contributed by atoms with E-state index in [0.717, 1.165) is 39.3 Å². The lowest BCUT2D eigenvalue weighted by atomic mass is 10.1. The van der Waals surface area contributed by atoms with Gasteiger partial charge in [0.15, 0.2) is 0 Å². The molecule has 0 spiro atoms. The van der Waals surface area contributed by atoms with Gasteiger partial charge in [0.1, 0.15) is 0 Å². The van der Waals surface area contributed by atoms with E-state index in [2.05, 4.69) is 16.7 Å². The number of hydrogen-bond acceptors (Lipinski definition) is 3. The minimum absolute atomic E-state index is 0.0248. The Hall–Kier alpha value is -0.610. The van der Waals surface area contributed by atoms with E-state index >= 15 is 0 Å². The van der Waals surface area contributed by atoms with Crippen molar-refractivity contribution >= 4 is 5.91 Å². The van der Waals surface area contributed by atoms with Gasteiger partial charge in [0.05, 0.1) is 0 Å². The standard InChI is InChI=1S/C10H21N3O/c1-3-12-4-6-13(7-5-12)8-9(2)10(11)14/h9H,3-8H2,1-2H3,(H2,11,14). The van der Waals surface area contributed by atoms with Gasteiger partial charge in [-0.15, -0.1) is 0 Å². The van der Waals surface area contributed by atoms with Crippen LogP contribution in [0.5, 0.6) is 0 Å². The minimum Gasteiger partial charge on any atom is -0.369 e. The highest BCUT2D eigenvalue weighted by molar-refractivity contribution is 5.76. The van der Waals surface area contributed by atoms with Crippen molar-refractivity contribution in [2.24, 2.45) is 11.7 Å². The van der Waals surface area contributed by atoms with E-state index in [-0.39, 0.29) is 11.8 Å². The van der Waals surface area contributed by atoms with Crippen molar-refractivity contribution in [1.29, 1.82) is 0 Å². The summed E-state index contributed by atoms with van der Waals surface area (Å²) in [7, 11) is 0. The topological polar surface area (TPSA) is 49.6 Å². The number of nitrogens with two attached hydrogens (primary N) is 1. The number of likely N-dealkylation sites (N-methyl/N-ethyl adjacent to an activating group) is 1. The predicted octanol–water partition coefficient (Wildman–Crippen LogP) is -0.255. The van der Waals surface area contributed by atoms with Crippen LogP contribution in [0.15, 0.2) is 0 Å². The van der Waals surface area contributed by atoms with Crippen molar-refractivity contribution < 1.29 is 4.79 Å². The Kier molecular flexibility index (Phi) is 4.35. The lowest BCUT2D eigenvalue weighted by Gasteiger charge is -2.34. The maximum atomic E-state index is 10.9. The first-order valence-corrected chi connectivity index (χ1v) is 5.37. The van der Waals surface area contributed by atoms with Gasteiger partial charge in [0.2, 0.25) is 5.91 Å². The zero-order chi connectivity index (χ0) is 10.6. The highest BCUT2D eigenvalue weighted by atomic mass is 16.1. The van der Waals surface area contributed by atoms with Gasteiger partial charge in [-0.2, -0.15) is 0 Å². The fourth-order valence-electron chi connectivity index (χ4n) is 1.77. The highest BCUT2D eigenvalue weighted by Gasteiger charge is 2.19. The van der Waals surface area contributed by atoms with Gasteiger partial charge in [0, 0.05) is 38.6 Å². The molecule has 1 atom stereocenters. The number of primary amides is 1. The second-order valence-electron chi connectivity index (χ2n) is 4.04. The second kappa shape index (κ2) is 5.32. The molecule has 4 nitrogen and oxygen atoms in total. The fourth-order valence-corrected chi connectivity index (χ4v) is 1.77. The van der Waals surface area contributed by atoms with Crippen LogP contribution in [-0.4, -0.2) is 55.0 Å². The van der Waals surface area contributed by atoms with Gasteiger partial charge in [-0.3, -0.25) is 4.79 Å². The number of carbonyl (C=O) groups excluding carboxylic acids is 1. The van der Waals surface area contributed by atoms with Crippen molar-refractivity contribution in [3.63, 3.8) is 0 Å². The summed E-state index contributed by atoms with van der Waals surface area (Å²) in [6.45, 7) is 10.4. The molecule has 1 saturated heterocycles. The largest absolute Gasteiger partial charge is 0.369 e. The Morgan fingerprint density at radius 2 is 1.79 bits per heavy atom. The van der Waals surface area contributed by atoms with Crippen LogP contribution in [0.1, 0.15) is 13.8 Å². The summed E-state index contributed by atoms with van der Waals surface area (Å²) < 4.78 is 0. The Morgan fingerprint density at radius 3 is 2.21 bits per heavy atom. The molecule has 1 heterocycles. The fraction of sp³-hybridized carbons (Fsp3) is 0.900. The molecule has 1 aliphatic rings. The van der Waals surface area contributed by atoms with Crippen molar-refractivity contribution in [2.75, 3.05) is 39.3 Å². The number of carbonyl (C=O) groups is 1. The van der Waals surface area contributed by atoms with Gasteiger partial charge in [-0.25, -0.2) is 0 Å². The summed E-state index contributed by atoms with van der Waals surface area (Å²) >= 11 is 0. The molecule has 0 aromatic rings. The molecule has 2 N–H and O–H groups in total. The SMILES string of the molecule is CCN1CCN(CC(C)C(N)=O)CC1. The predicted molar refractivity (Wildman–Crippen MR) is 56.9 cm³/mol. The lowest BCUT2D eigenvalue weighted by molar-refractivity contribution is -0.122. The maximum absolute atomic E-state index is 10.9. The molecule has 0 aromatic heterocycles. The van der Waals surface area contributed by atoms with E-state index in [1.165, 1.54) is 0 Å². The van der Waals surface area contributed by atoms with E-state index in [9.17, 15) is 4.79 Å². The third-order valence-corrected chi connectivity index (χ3v) is 2.93. The Bertz CT molecular complexity index is 188. The van der Waals surface area contributed by atoms with E-state index in [4.69, 9.17) is 5.73 Å². The van der Waals surface area contributed by atoms with Gasteiger partial charge >= 0.3 is 0 Å². The normalized spacial score (nSPS) is 22.1. The molecule has 4 heteroatoms. The number of hydrogen-bond donors (Lipinski definition) is 1. The van der Waals surface area contributed by atoms with Gasteiger partial charge in [-0.1, -0.05) is 13.8 Å². The summed E-state index contributed by atoms with van der Waals surface area (Å²) in [6, 6.07) is 0. The summed E-state index contributed by atoms with van der Waals surface area (Å²) in [5.74, 6) is -0.217. The molecule has 0 aliphatic carbocycles. The Labute approximate surface area is 86.0 Å². The second-order valence-corrected chi connectivity index (χ2v) is 4.04. The molecule has 0 aromatic carbocycles. The smallest absolute Gasteiger partial charge is 0.221 e. The van der Waals surface area contributed by atoms with Crippen molar-refractivity contribution in [3.05, 3.63) is 0 Å². The average molecular weight is 199 g/mol. The summed E-state index contributed by atoms with van der Waals surface area (Å²) in [5, 5.41) is 0. The molecule has 1 aliphatic heterocycles. The molecular weight excluding hydrogens is 178 g/mol. The van der Waals surface area contributed by atoms with Crippen molar-refractivity contribution in [1.82, 2.24) is 9.80 Å². The van der Waals surface area contributed by atoms with Crippen LogP contribution in [0.25, 0.3) is 0 Å². The highest BCUT2D eigenvalue weighted by Crippen LogP contribution is 2.04. The lowest BCUT2D eigenvalue weighted by Crippen LogP contribution is -2.48. The Morgan fingerprint density at radius 1 is 1.29 bits per heavy atom. The molecular formula is C10H21N3O. The molecule has 0 radical (unpaired) electrons. The van der Waals surface area contributed by atoms with Crippen molar-refractivity contribution in [2.45, 2.75) is 13.8 Å². The first-order valence-electron chi connectivity index (χ1n) is 5.37. The molecule has 0 bridgehead atoms.